The lowest BCUT2D eigenvalue weighted by atomic mass is 9.86. The van der Waals surface area contributed by atoms with Crippen molar-refractivity contribution >= 4 is 0 Å². The zero-order valence-electron chi connectivity index (χ0n) is 11.4. The van der Waals surface area contributed by atoms with Gasteiger partial charge < -0.3 is 0 Å². The van der Waals surface area contributed by atoms with Gasteiger partial charge in [-0.1, -0.05) is 79.1 Å². The quantitative estimate of drug-likeness (QED) is 0.411. The van der Waals surface area contributed by atoms with Crippen molar-refractivity contribution in [2.24, 2.45) is 11.8 Å². The summed E-state index contributed by atoms with van der Waals surface area (Å²) in [5, 5.41) is 0. The molecule has 15 heavy (non-hydrogen) atoms. The average Bonchev–Trinajstić information content (AvgIpc) is 2.28. The fraction of sp³-hybridized carbons (Fsp3) is 0.933. The molecule has 0 rings (SSSR count). The Morgan fingerprint density at radius 3 is 1.80 bits per heavy atom. The van der Waals surface area contributed by atoms with Gasteiger partial charge in [0.1, 0.15) is 0 Å². The van der Waals surface area contributed by atoms with Gasteiger partial charge in [-0.3, -0.25) is 0 Å². The van der Waals surface area contributed by atoms with E-state index in [2.05, 4.69) is 34.1 Å². The van der Waals surface area contributed by atoms with Gasteiger partial charge in [0.25, 0.3) is 0 Å². The van der Waals surface area contributed by atoms with E-state index in [9.17, 15) is 0 Å². The number of rotatable bonds is 10. The van der Waals surface area contributed by atoms with Crippen LogP contribution in [0.3, 0.4) is 0 Å². The molecule has 0 aliphatic carbocycles. The van der Waals surface area contributed by atoms with Crippen LogP contribution in [0.25, 0.3) is 0 Å². The Bertz CT molecular complexity index is 113. The van der Waals surface area contributed by atoms with Crippen LogP contribution in [-0.2, 0) is 0 Å². The van der Waals surface area contributed by atoms with E-state index >= 15 is 0 Å². The Morgan fingerprint density at radius 2 is 1.33 bits per heavy atom. The summed E-state index contributed by atoms with van der Waals surface area (Å²) in [6, 6.07) is 0. The van der Waals surface area contributed by atoms with Gasteiger partial charge in [-0.05, 0) is 18.3 Å². The van der Waals surface area contributed by atoms with Crippen molar-refractivity contribution < 1.29 is 0 Å². The van der Waals surface area contributed by atoms with Crippen LogP contribution in [0.5, 0.6) is 0 Å². The van der Waals surface area contributed by atoms with E-state index < -0.39 is 0 Å². The maximum absolute atomic E-state index is 2.63. The van der Waals surface area contributed by atoms with Crippen LogP contribution < -0.4 is 0 Å². The molecule has 0 heteroatoms. The van der Waals surface area contributed by atoms with Crippen molar-refractivity contribution in [1.29, 1.82) is 0 Å². The highest BCUT2D eigenvalue weighted by molar-refractivity contribution is 4.81. The van der Waals surface area contributed by atoms with Gasteiger partial charge in [-0.15, -0.1) is 0 Å². The van der Waals surface area contributed by atoms with Gasteiger partial charge >= 0.3 is 0 Å². The van der Waals surface area contributed by atoms with Crippen LogP contribution in [0, 0.1) is 18.3 Å². The second kappa shape index (κ2) is 10.5. The third kappa shape index (κ3) is 7.88. The van der Waals surface area contributed by atoms with E-state index in [0.717, 1.165) is 11.8 Å². The maximum atomic E-state index is 2.63. The third-order valence-corrected chi connectivity index (χ3v) is 3.55. The SMILES string of the molecule is CCCCCCC([CH]C(CC)CC)CC. The van der Waals surface area contributed by atoms with E-state index in [1.165, 1.54) is 51.4 Å². The molecule has 1 radical (unpaired) electrons. The molecule has 0 fully saturated rings. The third-order valence-electron chi connectivity index (χ3n) is 3.55. The van der Waals surface area contributed by atoms with Crippen molar-refractivity contribution in [2.75, 3.05) is 0 Å². The first-order chi connectivity index (χ1) is 7.28. The molecule has 0 aliphatic rings. The van der Waals surface area contributed by atoms with Gasteiger partial charge in [-0.2, -0.15) is 0 Å². The largest absolute Gasteiger partial charge is 0.0654 e. The van der Waals surface area contributed by atoms with E-state index in [-0.39, 0.29) is 0 Å². The second-order valence-corrected chi connectivity index (χ2v) is 4.79. The van der Waals surface area contributed by atoms with Crippen molar-refractivity contribution in [1.82, 2.24) is 0 Å². The molecule has 0 saturated heterocycles. The first-order valence-corrected chi connectivity index (χ1v) is 7.13. The molecule has 0 spiro atoms. The number of hydrogen-bond acceptors (Lipinski definition) is 0. The molecule has 91 valence electrons. The predicted molar refractivity (Wildman–Crippen MR) is 70.9 cm³/mol. The van der Waals surface area contributed by atoms with Crippen molar-refractivity contribution in [2.45, 2.75) is 79.1 Å². The van der Waals surface area contributed by atoms with Gasteiger partial charge in [0.15, 0.2) is 0 Å². The molecule has 0 aromatic heterocycles. The molecule has 0 bridgehead atoms. The number of unbranched alkanes of at least 4 members (excludes halogenated alkanes) is 3. The van der Waals surface area contributed by atoms with Crippen molar-refractivity contribution in [3.05, 3.63) is 6.42 Å². The highest BCUT2D eigenvalue weighted by atomic mass is 14.2. The normalized spacial score (nSPS) is 13.4. The molecule has 0 nitrogen and oxygen atoms in total. The van der Waals surface area contributed by atoms with Crippen LogP contribution in [0.4, 0.5) is 0 Å². The van der Waals surface area contributed by atoms with E-state index in [4.69, 9.17) is 0 Å². The molecule has 0 aromatic carbocycles. The Kier molecular flexibility index (Phi) is 10.5. The fourth-order valence-corrected chi connectivity index (χ4v) is 2.22. The van der Waals surface area contributed by atoms with Gasteiger partial charge in [0.05, 0.1) is 0 Å². The van der Waals surface area contributed by atoms with Crippen LogP contribution in [0.15, 0.2) is 0 Å². The molecule has 1 unspecified atom stereocenters. The van der Waals surface area contributed by atoms with Crippen LogP contribution in [-0.4, -0.2) is 0 Å². The van der Waals surface area contributed by atoms with E-state index in [1.807, 2.05) is 0 Å². The van der Waals surface area contributed by atoms with E-state index in [1.54, 1.807) is 0 Å². The fourth-order valence-electron chi connectivity index (χ4n) is 2.22. The summed E-state index contributed by atoms with van der Waals surface area (Å²) in [4.78, 5) is 0. The molecular weight excluding hydrogens is 180 g/mol. The topological polar surface area (TPSA) is 0 Å². The Morgan fingerprint density at radius 1 is 0.733 bits per heavy atom. The van der Waals surface area contributed by atoms with Gasteiger partial charge in [-0.25, -0.2) is 0 Å². The highest BCUT2D eigenvalue weighted by Crippen LogP contribution is 2.24. The van der Waals surface area contributed by atoms with Crippen molar-refractivity contribution in [3.63, 3.8) is 0 Å². The molecule has 0 heterocycles. The summed E-state index contributed by atoms with van der Waals surface area (Å²) >= 11 is 0. The Hall–Kier alpha value is 0. The molecule has 0 aromatic rings. The molecule has 0 amide bonds. The summed E-state index contributed by atoms with van der Waals surface area (Å²) in [7, 11) is 0. The maximum Gasteiger partial charge on any atom is -0.0324 e. The molecule has 0 saturated carbocycles. The molecule has 0 N–H and O–H groups in total. The molecule has 1 atom stereocenters. The monoisotopic (exact) mass is 211 g/mol. The first kappa shape index (κ1) is 15.0. The van der Waals surface area contributed by atoms with E-state index in [0.29, 0.717) is 0 Å². The number of hydrogen-bond donors (Lipinski definition) is 0. The van der Waals surface area contributed by atoms with Crippen molar-refractivity contribution in [3.8, 4) is 0 Å². The van der Waals surface area contributed by atoms with Gasteiger partial charge in [0, 0.05) is 0 Å². The summed E-state index contributed by atoms with van der Waals surface area (Å²) in [5.74, 6) is 1.74. The lowest BCUT2D eigenvalue weighted by Gasteiger charge is -2.20. The summed E-state index contributed by atoms with van der Waals surface area (Å²) in [6.07, 6.45) is 13.7. The summed E-state index contributed by atoms with van der Waals surface area (Å²) < 4.78 is 0. The molecular formula is C15H31. The Labute approximate surface area is 97.8 Å². The highest BCUT2D eigenvalue weighted by Gasteiger charge is 2.12. The lowest BCUT2D eigenvalue weighted by Crippen LogP contribution is -2.08. The standard InChI is InChI=1S/C15H31/c1-5-9-10-11-12-15(8-4)13-14(6-2)7-3/h13-15H,5-12H2,1-4H3. The minimum Gasteiger partial charge on any atom is -0.0654 e. The average molecular weight is 211 g/mol. The zero-order chi connectivity index (χ0) is 11.5. The Balaban J connectivity index is 3.61. The van der Waals surface area contributed by atoms with Crippen LogP contribution in [0.1, 0.15) is 79.1 Å². The van der Waals surface area contributed by atoms with Crippen LogP contribution >= 0.6 is 0 Å². The minimum atomic E-state index is 0.862. The van der Waals surface area contributed by atoms with Crippen LogP contribution in [0.2, 0.25) is 0 Å². The summed E-state index contributed by atoms with van der Waals surface area (Å²) in [5.41, 5.74) is 0. The van der Waals surface area contributed by atoms with Gasteiger partial charge in [0.2, 0.25) is 0 Å². The first-order valence-electron chi connectivity index (χ1n) is 7.13. The minimum absolute atomic E-state index is 0.862. The predicted octanol–water partition coefficient (Wildman–Crippen LogP) is 5.62. The zero-order valence-corrected chi connectivity index (χ0v) is 11.4. The lowest BCUT2D eigenvalue weighted by molar-refractivity contribution is 0.419. The second-order valence-electron chi connectivity index (χ2n) is 4.79. The smallest absolute Gasteiger partial charge is 0.0324 e. The summed E-state index contributed by atoms with van der Waals surface area (Å²) in [6.45, 7) is 9.25. The molecule has 0 aliphatic heterocycles.